The maximum atomic E-state index is 13.9. The topological polar surface area (TPSA) is 77.1 Å². The second kappa shape index (κ2) is 9.94. The van der Waals surface area contributed by atoms with Crippen LogP contribution in [-0.2, 0) is 12.7 Å². The van der Waals surface area contributed by atoms with Crippen molar-refractivity contribution >= 4 is 29.0 Å². The summed E-state index contributed by atoms with van der Waals surface area (Å²) in [5.74, 6) is -0.172. The number of hydrogen-bond donors (Lipinski definition) is 1. The molecule has 0 aliphatic carbocycles. The number of aromatic nitrogens is 5. The first-order chi connectivity index (χ1) is 18.1. The summed E-state index contributed by atoms with van der Waals surface area (Å²) in [6.07, 6.45) is -1.96. The number of carbonyl (C=O) groups is 1. The van der Waals surface area contributed by atoms with Crippen molar-refractivity contribution in [2.45, 2.75) is 32.5 Å². The lowest BCUT2D eigenvalue weighted by Crippen LogP contribution is -2.16. The molecule has 3 aromatic heterocycles. The van der Waals surface area contributed by atoms with Gasteiger partial charge in [0, 0.05) is 22.8 Å². The van der Waals surface area contributed by atoms with E-state index in [4.69, 9.17) is 11.6 Å². The number of nitrogens with zero attached hydrogens (tertiary/aromatic N) is 5. The Balaban J connectivity index is 1.45. The molecule has 0 fully saturated rings. The van der Waals surface area contributed by atoms with E-state index in [1.807, 2.05) is 38.1 Å². The van der Waals surface area contributed by atoms with Gasteiger partial charge in [0.05, 0.1) is 18.4 Å². The van der Waals surface area contributed by atoms with Gasteiger partial charge in [0.2, 0.25) is 0 Å². The second-order valence-electron chi connectivity index (χ2n) is 9.07. The summed E-state index contributed by atoms with van der Waals surface area (Å²) in [6.45, 7) is 4.50. The predicted molar refractivity (Wildman–Crippen MR) is 138 cm³/mol. The van der Waals surface area contributed by atoms with E-state index < -0.39 is 17.8 Å². The Kier molecular flexibility index (Phi) is 6.66. The fraction of sp³-hybridized carbons (Fsp3) is 0.185. The van der Waals surface area contributed by atoms with Crippen LogP contribution in [-0.4, -0.2) is 30.3 Å². The molecule has 3 heterocycles. The number of halogens is 4. The number of alkyl halides is 3. The number of hydrogen-bond acceptors (Lipinski definition) is 4. The first kappa shape index (κ1) is 25.5. The predicted octanol–water partition coefficient (Wildman–Crippen LogP) is 6.69. The molecule has 5 rings (SSSR count). The molecule has 0 aliphatic heterocycles. The largest absolute Gasteiger partial charge is 0.433 e. The number of amides is 1. The minimum Gasteiger partial charge on any atom is -0.305 e. The van der Waals surface area contributed by atoms with Crippen molar-refractivity contribution in [3.8, 4) is 11.3 Å². The minimum absolute atomic E-state index is 0.0851. The molecule has 38 heavy (non-hydrogen) atoms. The quantitative estimate of drug-likeness (QED) is 0.261. The highest BCUT2D eigenvalue weighted by molar-refractivity contribution is 6.30. The molecular formula is C27H22ClF3N6O. The third-order valence-corrected chi connectivity index (χ3v) is 6.27. The highest BCUT2D eigenvalue weighted by Gasteiger charge is 2.36. The van der Waals surface area contributed by atoms with Gasteiger partial charge in [0.1, 0.15) is 5.56 Å². The van der Waals surface area contributed by atoms with Crippen LogP contribution in [0.4, 0.5) is 19.0 Å². The fourth-order valence-electron chi connectivity index (χ4n) is 3.99. The van der Waals surface area contributed by atoms with E-state index in [-0.39, 0.29) is 28.6 Å². The van der Waals surface area contributed by atoms with Crippen LogP contribution in [0.3, 0.4) is 0 Å². The summed E-state index contributed by atoms with van der Waals surface area (Å²) in [5.41, 5.74) is 1.24. The van der Waals surface area contributed by atoms with Gasteiger partial charge in [-0.15, -0.1) is 0 Å². The van der Waals surface area contributed by atoms with Gasteiger partial charge >= 0.3 is 6.18 Å². The SMILES string of the molecule is CC(C)c1ccc(-c2cc(C(F)(F)F)n3ncc(C(=O)Nc4ccn(Cc5ccc(Cl)cc5)n4)c3n2)cc1. The van der Waals surface area contributed by atoms with Crippen molar-refractivity contribution in [3.05, 3.63) is 100 Å². The molecule has 1 amide bonds. The molecule has 0 atom stereocenters. The molecule has 5 aromatic rings. The summed E-state index contributed by atoms with van der Waals surface area (Å²) in [7, 11) is 0. The molecule has 0 saturated heterocycles. The van der Waals surface area contributed by atoms with Gasteiger partial charge in [0.25, 0.3) is 5.91 Å². The Morgan fingerprint density at radius 2 is 1.76 bits per heavy atom. The van der Waals surface area contributed by atoms with E-state index >= 15 is 0 Å². The van der Waals surface area contributed by atoms with Gasteiger partial charge in [-0.3, -0.25) is 9.48 Å². The Bertz CT molecular complexity index is 1610. The standard InChI is InChI=1S/C27H22ClF3N6O/c1-16(2)18-5-7-19(8-6-18)22-13-23(27(29,30)31)37-25(33-22)21(14-32-37)26(38)34-24-11-12-36(35-24)15-17-3-9-20(28)10-4-17/h3-14,16H,15H2,1-2H3,(H,34,35,38). The first-order valence-corrected chi connectivity index (χ1v) is 12.1. The van der Waals surface area contributed by atoms with Crippen molar-refractivity contribution in [2.75, 3.05) is 5.32 Å². The highest BCUT2D eigenvalue weighted by atomic mass is 35.5. The highest BCUT2D eigenvalue weighted by Crippen LogP contribution is 2.33. The summed E-state index contributed by atoms with van der Waals surface area (Å²) < 4.78 is 44.1. The van der Waals surface area contributed by atoms with Crippen molar-refractivity contribution in [3.63, 3.8) is 0 Å². The van der Waals surface area contributed by atoms with Crippen molar-refractivity contribution in [1.82, 2.24) is 24.4 Å². The van der Waals surface area contributed by atoms with E-state index in [0.29, 0.717) is 21.6 Å². The van der Waals surface area contributed by atoms with Gasteiger partial charge in [0.15, 0.2) is 17.2 Å². The molecule has 11 heteroatoms. The van der Waals surface area contributed by atoms with Gasteiger partial charge in [-0.2, -0.15) is 23.4 Å². The van der Waals surface area contributed by atoms with Crippen LogP contribution in [0, 0.1) is 0 Å². The summed E-state index contributed by atoms with van der Waals surface area (Å²) >= 11 is 5.92. The van der Waals surface area contributed by atoms with Gasteiger partial charge in [-0.25, -0.2) is 9.50 Å². The second-order valence-corrected chi connectivity index (χ2v) is 9.51. The van der Waals surface area contributed by atoms with Crippen LogP contribution in [0.1, 0.15) is 46.9 Å². The molecule has 2 aromatic carbocycles. The number of benzene rings is 2. The number of anilines is 1. The molecule has 0 saturated carbocycles. The molecule has 0 bridgehead atoms. The lowest BCUT2D eigenvalue weighted by atomic mass is 10.0. The molecule has 0 spiro atoms. The van der Waals surface area contributed by atoms with E-state index in [9.17, 15) is 18.0 Å². The van der Waals surface area contributed by atoms with E-state index in [0.717, 1.165) is 23.4 Å². The number of fused-ring (bicyclic) bond motifs is 1. The lowest BCUT2D eigenvalue weighted by molar-refractivity contribution is -0.142. The lowest BCUT2D eigenvalue weighted by Gasteiger charge is -2.12. The Hall–Kier alpha value is -4.18. The molecular weight excluding hydrogens is 517 g/mol. The Morgan fingerprint density at radius 3 is 2.42 bits per heavy atom. The molecule has 0 aliphatic rings. The van der Waals surface area contributed by atoms with Gasteiger partial charge in [-0.05, 0) is 35.2 Å². The first-order valence-electron chi connectivity index (χ1n) is 11.7. The zero-order valence-electron chi connectivity index (χ0n) is 20.4. The zero-order valence-corrected chi connectivity index (χ0v) is 21.1. The monoisotopic (exact) mass is 538 g/mol. The van der Waals surface area contributed by atoms with Crippen molar-refractivity contribution in [1.29, 1.82) is 0 Å². The van der Waals surface area contributed by atoms with Crippen LogP contribution in [0.25, 0.3) is 16.9 Å². The van der Waals surface area contributed by atoms with E-state index in [1.54, 1.807) is 41.2 Å². The maximum Gasteiger partial charge on any atom is 0.433 e. The third kappa shape index (κ3) is 5.26. The molecule has 1 N–H and O–H groups in total. The molecule has 194 valence electrons. The number of carbonyl (C=O) groups excluding carboxylic acids is 1. The van der Waals surface area contributed by atoms with Crippen LogP contribution in [0.5, 0.6) is 0 Å². The van der Waals surface area contributed by atoms with Crippen molar-refractivity contribution in [2.24, 2.45) is 0 Å². The Labute approximate surface area is 220 Å². The minimum atomic E-state index is -4.71. The fourth-order valence-corrected chi connectivity index (χ4v) is 4.11. The van der Waals surface area contributed by atoms with Gasteiger partial charge < -0.3 is 5.32 Å². The zero-order chi connectivity index (χ0) is 27.0. The van der Waals surface area contributed by atoms with Crippen LogP contribution in [0.15, 0.2) is 73.1 Å². The third-order valence-electron chi connectivity index (χ3n) is 6.02. The van der Waals surface area contributed by atoms with Crippen LogP contribution >= 0.6 is 11.6 Å². The average molecular weight is 539 g/mol. The van der Waals surface area contributed by atoms with E-state index in [1.165, 1.54) is 0 Å². The summed E-state index contributed by atoms with van der Waals surface area (Å²) in [4.78, 5) is 17.5. The average Bonchev–Trinajstić information content (AvgIpc) is 3.51. The van der Waals surface area contributed by atoms with E-state index in [2.05, 4.69) is 20.5 Å². The number of nitrogens with one attached hydrogen (secondary N) is 1. The molecule has 7 nitrogen and oxygen atoms in total. The molecule has 0 radical (unpaired) electrons. The summed E-state index contributed by atoms with van der Waals surface area (Å²) in [5, 5.41) is 11.4. The van der Waals surface area contributed by atoms with Crippen molar-refractivity contribution < 1.29 is 18.0 Å². The van der Waals surface area contributed by atoms with Crippen LogP contribution < -0.4 is 5.32 Å². The Morgan fingerprint density at radius 1 is 1.05 bits per heavy atom. The molecule has 0 unspecified atom stereocenters. The van der Waals surface area contributed by atoms with Gasteiger partial charge in [-0.1, -0.05) is 61.8 Å². The normalized spacial score (nSPS) is 11.9. The number of rotatable bonds is 6. The maximum absolute atomic E-state index is 13.9. The van der Waals surface area contributed by atoms with Crippen LogP contribution in [0.2, 0.25) is 5.02 Å². The smallest absolute Gasteiger partial charge is 0.305 e. The summed E-state index contributed by atoms with van der Waals surface area (Å²) in [6, 6.07) is 16.9.